The summed E-state index contributed by atoms with van der Waals surface area (Å²) in [6, 6.07) is -3.32. The Bertz CT molecular complexity index is 321. The number of rotatable bonds is 8. The summed E-state index contributed by atoms with van der Waals surface area (Å²) in [5.41, 5.74) is 0. The van der Waals surface area contributed by atoms with Gasteiger partial charge in [-0.25, -0.2) is 0 Å². The SMILES string of the molecule is O=C(O)CC(NC(CC(=O)O)C(=O)O)C(=O)O.[Ca+2].[H-].[H-]. The van der Waals surface area contributed by atoms with Gasteiger partial charge < -0.3 is 23.3 Å². The molecule has 0 aromatic carbocycles. The molecule has 0 spiro atoms. The maximum absolute atomic E-state index is 10.6. The van der Waals surface area contributed by atoms with E-state index in [0.29, 0.717) is 0 Å². The van der Waals surface area contributed by atoms with E-state index < -0.39 is 48.8 Å². The number of hydrogen-bond acceptors (Lipinski definition) is 5. The second-order valence-electron chi connectivity index (χ2n) is 3.14. The predicted octanol–water partition coefficient (Wildman–Crippen LogP) is -1.72. The van der Waals surface area contributed by atoms with Crippen molar-refractivity contribution in [1.82, 2.24) is 5.32 Å². The van der Waals surface area contributed by atoms with Gasteiger partial charge in [0, 0.05) is 0 Å². The van der Waals surface area contributed by atoms with Crippen LogP contribution in [-0.4, -0.2) is 94.1 Å². The summed E-state index contributed by atoms with van der Waals surface area (Å²) in [4.78, 5) is 41.9. The molecular weight excluding hydrogens is 278 g/mol. The molecule has 0 aromatic rings. The zero-order valence-electron chi connectivity index (χ0n) is 11.2. The van der Waals surface area contributed by atoms with Crippen molar-refractivity contribution >= 4 is 61.6 Å². The first-order chi connectivity index (χ1) is 7.73. The van der Waals surface area contributed by atoms with E-state index in [2.05, 4.69) is 0 Å². The molecule has 2 atom stereocenters. The van der Waals surface area contributed by atoms with Gasteiger partial charge in [-0.2, -0.15) is 0 Å². The molecule has 100 valence electrons. The van der Waals surface area contributed by atoms with Crippen LogP contribution in [-0.2, 0) is 19.2 Å². The van der Waals surface area contributed by atoms with E-state index in [-0.39, 0.29) is 40.6 Å². The third kappa shape index (κ3) is 8.23. The summed E-state index contributed by atoms with van der Waals surface area (Å²) < 4.78 is 0. The van der Waals surface area contributed by atoms with Crippen LogP contribution in [0.1, 0.15) is 15.7 Å². The molecule has 0 heterocycles. The van der Waals surface area contributed by atoms with E-state index in [9.17, 15) is 19.2 Å². The van der Waals surface area contributed by atoms with Gasteiger partial charge in [-0.1, -0.05) is 0 Å². The van der Waals surface area contributed by atoms with Crippen LogP contribution >= 0.6 is 0 Å². The van der Waals surface area contributed by atoms with Crippen LogP contribution in [0.4, 0.5) is 0 Å². The standard InChI is InChI=1S/C8H11NO8.Ca.2H/c10-5(11)1-3(7(14)15)9-4(8(16)17)2-6(12)13;;;/h3-4,9H,1-2H2,(H,10,11)(H,12,13)(H,14,15)(H,16,17);;;/q;+2;2*-1. The molecule has 10 heteroatoms. The number of carbonyl (C=O) groups is 4. The minimum Gasteiger partial charge on any atom is -1.00 e. The third-order valence-electron chi connectivity index (χ3n) is 1.76. The Hall–Kier alpha value is -0.900. The molecule has 0 saturated heterocycles. The minimum absolute atomic E-state index is 0. The quantitative estimate of drug-likeness (QED) is 0.327. The van der Waals surface area contributed by atoms with Gasteiger partial charge in [0.1, 0.15) is 12.1 Å². The van der Waals surface area contributed by atoms with Gasteiger partial charge in [0.05, 0.1) is 12.8 Å². The fourth-order valence-electron chi connectivity index (χ4n) is 1.03. The van der Waals surface area contributed by atoms with Crippen molar-refractivity contribution in [3.05, 3.63) is 0 Å². The fourth-order valence-corrected chi connectivity index (χ4v) is 1.03. The number of aliphatic carboxylic acids is 4. The van der Waals surface area contributed by atoms with Gasteiger partial charge in [-0.05, 0) is 0 Å². The summed E-state index contributed by atoms with van der Waals surface area (Å²) in [5.74, 6) is -6.01. The third-order valence-corrected chi connectivity index (χ3v) is 1.76. The predicted molar refractivity (Wildman–Crippen MR) is 58.5 cm³/mol. The molecule has 0 aromatic heterocycles. The maximum Gasteiger partial charge on any atom is 2.00 e. The first-order valence-corrected chi connectivity index (χ1v) is 4.39. The van der Waals surface area contributed by atoms with E-state index in [1.165, 1.54) is 0 Å². The molecule has 0 aliphatic carbocycles. The van der Waals surface area contributed by atoms with Crippen LogP contribution < -0.4 is 5.32 Å². The molecule has 5 N–H and O–H groups in total. The Morgan fingerprint density at radius 3 is 1.28 bits per heavy atom. The molecule has 0 fully saturated rings. The van der Waals surface area contributed by atoms with Gasteiger partial charge in [0.25, 0.3) is 0 Å². The Balaban J connectivity index is -0.000000427. The Morgan fingerprint density at radius 2 is 1.11 bits per heavy atom. The number of hydrogen-bond donors (Lipinski definition) is 5. The smallest absolute Gasteiger partial charge is 1.00 e. The van der Waals surface area contributed by atoms with Gasteiger partial charge in [-0.3, -0.25) is 24.5 Å². The molecule has 0 saturated carbocycles. The molecule has 9 nitrogen and oxygen atoms in total. The van der Waals surface area contributed by atoms with Crippen LogP contribution in [0.5, 0.6) is 0 Å². The molecule has 0 radical (unpaired) electrons. The van der Waals surface area contributed by atoms with E-state index in [1.807, 2.05) is 5.32 Å². The molecule has 0 amide bonds. The summed E-state index contributed by atoms with van der Waals surface area (Å²) in [5, 5.41) is 36.0. The van der Waals surface area contributed by atoms with Crippen molar-refractivity contribution < 1.29 is 42.5 Å². The minimum atomic E-state index is -1.66. The Kier molecular flexibility index (Phi) is 9.81. The van der Waals surface area contributed by atoms with Crippen molar-refractivity contribution in [3.8, 4) is 0 Å². The summed E-state index contributed by atoms with van der Waals surface area (Å²) in [7, 11) is 0. The van der Waals surface area contributed by atoms with Crippen molar-refractivity contribution in [2.75, 3.05) is 0 Å². The van der Waals surface area contributed by atoms with Crippen molar-refractivity contribution in [1.29, 1.82) is 0 Å². The zero-order chi connectivity index (χ0) is 13.6. The summed E-state index contributed by atoms with van der Waals surface area (Å²) >= 11 is 0. The normalized spacial score (nSPS) is 12.9. The van der Waals surface area contributed by atoms with Crippen LogP contribution in [0.3, 0.4) is 0 Å². The maximum atomic E-state index is 10.6. The van der Waals surface area contributed by atoms with E-state index >= 15 is 0 Å². The second kappa shape index (κ2) is 9.09. The number of carboxylic acids is 4. The van der Waals surface area contributed by atoms with Crippen LogP contribution in [0.2, 0.25) is 0 Å². The molecule has 0 bridgehead atoms. The Labute approximate surface area is 134 Å². The van der Waals surface area contributed by atoms with Crippen molar-refractivity contribution in [3.63, 3.8) is 0 Å². The van der Waals surface area contributed by atoms with Crippen molar-refractivity contribution in [2.45, 2.75) is 24.9 Å². The fraction of sp³-hybridized carbons (Fsp3) is 0.500. The van der Waals surface area contributed by atoms with Crippen LogP contribution in [0.15, 0.2) is 0 Å². The average Bonchev–Trinajstić information content (AvgIpc) is 2.13. The topological polar surface area (TPSA) is 161 Å². The Morgan fingerprint density at radius 1 is 0.833 bits per heavy atom. The summed E-state index contributed by atoms with van der Waals surface area (Å²) in [6.45, 7) is 0. The second-order valence-corrected chi connectivity index (χ2v) is 3.14. The van der Waals surface area contributed by atoms with Crippen LogP contribution in [0.25, 0.3) is 0 Å². The average molecular weight is 291 g/mol. The van der Waals surface area contributed by atoms with Crippen LogP contribution in [0, 0.1) is 0 Å². The summed E-state index contributed by atoms with van der Waals surface area (Å²) in [6.07, 6.45) is -1.70. The molecule has 18 heavy (non-hydrogen) atoms. The molecule has 0 rings (SSSR count). The zero-order valence-corrected chi connectivity index (χ0v) is 11.4. The van der Waals surface area contributed by atoms with Crippen molar-refractivity contribution in [2.24, 2.45) is 0 Å². The molecular formula is C8H13CaNO8. The number of nitrogens with one attached hydrogen (secondary N) is 1. The van der Waals surface area contributed by atoms with Gasteiger partial charge >= 0.3 is 61.6 Å². The van der Waals surface area contributed by atoms with E-state index in [1.54, 1.807) is 0 Å². The molecule has 0 aliphatic heterocycles. The van der Waals surface area contributed by atoms with Gasteiger partial charge in [0.2, 0.25) is 0 Å². The van der Waals surface area contributed by atoms with Gasteiger partial charge in [0.15, 0.2) is 0 Å². The van der Waals surface area contributed by atoms with E-state index in [4.69, 9.17) is 20.4 Å². The first-order valence-electron chi connectivity index (χ1n) is 4.39. The molecule has 0 aliphatic rings. The first kappa shape index (κ1) is 19.4. The largest absolute Gasteiger partial charge is 2.00 e. The number of carboxylic acid groups (broad SMARTS) is 4. The van der Waals surface area contributed by atoms with Gasteiger partial charge in [-0.15, -0.1) is 0 Å². The van der Waals surface area contributed by atoms with E-state index in [0.717, 1.165) is 0 Å². The molecule has 2 unspecified atom stereocenters. The monoisotopic (exact) mass is 291 g/mol.